The number of aromatic hydroxyl groups is 1. The van der Waals surface area contributed by atoms with Crippen molar-refractivity contribution in [2.45, 2.75) is 31.7 Å². The molecule has 1 aromatic heterocycles. The zero-order chi connectivity index (χ0) is 20.1. The molecular formula is C22H25ClFN3O. The molecule has 3 rings (SSSR count). The summed E-state index contributed by atoms with van der Waals surface area (Å²) in [5, 5.41) is 17.5. The Hall–Kier alpha value is -2.37. The summed E-state index contributed by atoms with van der Waals surface area (Å²) >= 11 is 6.06. The van der Waals surface area contributed by atoms with Gasteiger partial charge in [-0.15, -0.1) is 18.2 Å². The lowest BCUT2D eigenvalue weighted by atomic mass is 10.0. The third-order valence-electron chi connectivity index (χ3n) is 4.81. The van der Waals surface area contributed by atoms with E-state index in [0.29, 0.717) is 6.54 Å². The molecule has 1 aliphatic rings. The highest BCUT2D eigenvalue weighted by Crippen LogP contribution is 2.26. The number of hydrogen-bond donors (Lipinski definition) is 2. The van der Waals surface area contributed by atoms with E-state index >= 15 is 0 Å². The van der Waals surface area contributed by atoms with Crippen LogP contribution in [0.5, 0.6) is 5.75 Å². The molecule has 2 N–H and O–H groups in total. The quantitative estimate of drug-likeness (QED) is 0.433. The first-order chi connectivity index (χ1) is 13.5. The van der Waals surface area contributed by atoms with Crippen LogP contribution in [-0.4, -0.2) is 33.4 Å². The van der Waals surface area contributed by atoms with Crippen LogP contribution in [0, 0.1) is 5.82 Å². The molecule has 2 aromatic rings. The van der Waals surface area contributed by atoms with Crippen LogP contribution in [-0.2, 0) is 19.4 Å². The van der Waals surface area contributed by atoms with Crippen LogP contribution >= 0.6 is 11.6 Å². The molecule has 0 saturated heterocycles. The number of phenolic OH excluding ortho intramolecular Hbond substituents is 1. The van der Waals surface area contributed by atoms with Gasteiger partial charge in [-0.3, -0.25) is 4.68 Å². The van der Waals surface area contributed by atoms with Gasteiger partial charge >= 0.3 is 0 Å². The molecule has 0 saturated carbocycles. The maximum absolute atomic E-state index is 13.8. The fourth-order valence-electron chi connectivity index (χ4n) is 3.40. The van der Waals surface area contributed by atoms with Gasteiger partial charge in [0.05, 0.1) is 23.3 Å². The van der Waals surface area contributed by atoms with Gasteiger partial charge in [-0.2, -0.15) is 5.10 Å². The Bertz CT molecular complexity index is 917. The molecule has 1 aliphatic heterocycles. The lowest BCUT2D eigenvalue weighted by Gasteiger charge is -2.11. The summed E-state index contributed by atoms with van der Waals surface area (Å²) in [6.07, 6.45) is 9.24. The Labute approximate surface area is 170 Å². The fourth-order valence-corrected chi connectivity index (χ4v) is 3.48. The molecule has 0 spiro atoms. The average molecular weight is 402 g/mol. The minimum Gasteiger partial charge on any atom is -0.505 e. The van der Waals surface area contributed by atoms with Crippen molar-refractivity contribution in [3.05, 3.63) is 77.4 Å². The second-order valence-corrected chi connectivity index (χ2v) is 7.39. The van der Waals surface area contributed by atoms with E-state index in [0.717, 1.165) is 48.5 Å². The number of nitrogens with one attached hydrogen (secondary N) is 1. The SMILES string of the molecule is C=CC(Cl)C=C/C=C(\C)c1c2c(nn1Cc1ccc(O)c(F)c1)CCNCC2. The van der Waals surface area contributed by atoms with Crippen LogP contribution in [0.4, 0.5) is 4.39 Å². The van der Waals surface area contributed by atoms with Crippen LogP contribution in [0.2, 0.25) is 0 Å². The standard InChI is InChI=1S/C22H25ClFN3O/c1-3-17(23)6-4-5-15(2)22-18-9-11-25-12-10-20(18)26-27(22)14-16-7-8-21(28)19(24)13-16/h3-8,13,17,25,28H,1,9-12,14H2,2H3/b6-4?,15-5+. The van der Waals surface area contributed by atoms with Gasteiger partial charge in [-0.25, -0.2) is 4.39 Å². The van der Waals surface area contributed by atoms with Gasteiger partial charge in [0, 0.05) is 18.5 Å². The molecule has 0 aliphatic carbocycles. The van der Waals surface area contributed by atoms with Crippen LogP contribution in [0.3, 0.4) is 0 Å². The van der Waals surface area contributed by atoms with E-state index in [1.165, 1.54) is 17.7 Å². The molecule has 0 bridgehead atoms. The normalized spacial score (nSPS) is 16.0. The molecule has 0 amide bonds. The van der Waals surface area contributed by atoms with Gasteiger partial charge in [0.25, 0.3) is 0 Å². The first-order valence-electron chi connectivity index (χ1n) is 9.38. The molecule has 0 fully saturated rings. The number of phenols is 1. The molecule has 2 heterocycles. The van der Waals surface area contributed by atoms with Crippen molar-refractivity contribution in [2.75, 3.05) is 13.1 Å². The number of fused-ring (bicyclic) bond motifs is 1. The summed E-state index contributed by atoms with van der Waals surface area (Å²) < 4.78 is 15.7. The third-order valence-corrected chi connectivity index (χ3v) is 5.13. The third kappa shape index (κ3) is 4.72. The van der Waals surface area contributed by atoms with E-state index in [2.05, 4.69) is 11.9 Å². The molecular weight excluding hydrogens is 377 g/mol. The van der Waals surface area contributed by atoms with Gasteiger partial charge < -0.3 is 10.4 Å². The fraction of sp³-hybridized carbons (Fsp3) is 0.318. The number of rotatable bonds is 6. The van der Waals surface area contributed by atoms with Crippen molar-refractivity contribution < 1.29 is 9.50 Å². The molecule has 1 aromatic carbocycles. The average Bonchev–Trinajstić information content (AvgIpc) is 2.85. The summed E-state index contributed by atoms with van der Waals surface area (Å²) in [4.78, 5) is 0. The van der Waals surface area contributed by atoms with Crippen molar-refractivity contribution in [1.29, 1.82) is 0 Å². The monoisotopic (exact) mass is 401 g/mol. The van der Waals surface area contributed by atoms with E-state index in [9.17, 15) is 9.50 Å². The van der Waals surface area contributed by atoms with E-state index in [-0.39, 0.29) is 11.1 Å². The summed E-state index contributed by atoms with van der Waals surface area (Å²) in [6.45, 7) is 7.96. The predicted octanol–water partition coefficient (Wildman–Crippen LogP) is 4.22. The second-order valence-electron chi connectivity index (χ2n) is 6.88. The highest BCUT2D eigenvalue weighted by molar-refractivity contribution is 6.22. The number of benzene rings is 1. The Morgan fingerprint density at radius 3 is 2.96 bits per heavy atom. The number of nitrogens with zero attached hydrogens (tertiary/aromatic N) is 2. The van der Waals surface area contributed by atoms with Crippen LogP contribution < -0.4 is 5.32 Å². The number of hydrogen-bond acceptors (Lipinski definition) is 3. The lowest BCUT2D eigenvalue weighted by molar-refractivity contribution is 0.431. The first-order valence-corrected chi connectivity index (χ1v) is 9.82. The largest absolute Gasteiger partial charge is 0.505 e. The zero-order valence-electron chi connectivity index (χ0n) is 16.0. The summed E-state index contributed by atoms with van der Waals surface area (Å²) in [7, 11) is 0. The van der Waals surface area contributed by atoms with E-state index in [1.807, 2.05) is 29.8 Å². The number of halogens is 2. The molecule has 1 unspecified atom stereocenters. The Morgan fingerprint density at radius 1 is 1.43 bits per heavy atom. The highest BCUT2D eigenvalue weighted by Gasteiger charge is 2.20. The minimum atomic E-state index is -0.621. The van der Waals surface area contributed by atoms with E-state index in [4.69, 9.17) is 16.7 Å². The van der Waals surface area contributed by atoms with Crippen molar-refractivity contribution in [2.24, 2.45) is 0 Å². The maximum atomic E-state index is 13.8. The number of alkyl halides is 1. The first kappa shape index (κ1) is 20.4. The van der Waals surface area contributed by atoms with Gasteiger partial charge in [-0.05, 0) is 43.2 Å². The topological polar surface area (TPSA) is 50.1 Å². The Kier molecular flexibility index (Phi) is 6.70. The van der Waals surface area contributed by atoms with E-state index < -0.39 is 5.82 Å². The minimum absolute atomic E-state index is 0.213. The van der Waals surface area contributed by atoms with Crippen molar-refractivity contribution in [1.82, 2.24) is 15.1 Å². The summed E-state index contributed by atoms with van der Waals surface area (Å²) in [6, 6.07) is 4.45. The Morgan fingerprint density at radius 2 is 2.21 bits per heavy atom. The lowest BCUT2D eigenvalue weighted by Crippen LogP contribution is -2.17. The van der Waals surface area contributed by atoms with Gasteiger partial charge in [0.15, 0.2) is 11.6 Å². The van der Waals surface area contributed by atoms with Crippen LogP contribution in [0.25, 0.3) is 5.57 Å². The predicted molar refractivity (Wildman–Crippen MR) is 112 cm³/mol. The molecule has 28 heavy (non-hydrogen) atoms. The van der Waals surface area contributed by atoms with Gasteiger partial charge in [0.2, 0.25) is 0 Å². The molecule has 148 valence electrons. The molecule has 6 heteroatoms. The van der Waals surface area contributed by atoms with E-state index in [1.54, 1.807) is 12.1 Å². The van der Waals surface area contributed by atoms with Crippen LogP contribution in [0.15, 0.2) is 49.1 Å². The number of allylic oxidation sites excluding steroid dienone is 5. The highest BCUT2D eigenvalue weighted by atomic mass is 35.5. The van der Waals surface area contributed by atoms with Gasteiger partial charge in [0.1, 0.15) is 0 Å². The van der Waals surface area contributed by atoms with Crippen molar-refractivity contribution in [3.8, 4) is 5.75 Å². The maximum Gasteiger partial charge on any atom is 0.165 e. The zero-order valence-corrected chi connectivity index (χ0v) is 16.7. The van der Waals surface area contributed by atoms with Crippen molar-refractivity contribution >= 4 is 17.2 Å². The summed E-state index contributed by atoms with van der Waals surface area (Å²) in [5.74, 6) is -0.963. The van der Waals surface area contributed by atoms with Gasteiger partial charge in [-0.1, -0.05) is 30.4 Å². The van der Waals surface area contributed by atoms with Crippen molar-refractivity contribution in [3.63, 3.8) is 0 Å². The summed E-state index contributed by atoms with van der Waals surface area (Å²) in [5.41, 5.74) is 5.19. The molecule has 4 nitrogen and oxygen atoms in total. The smallest absolute Gasteiger partial charge is 0.165 e. The molecule has 0 radical (unpaired) electrons. The van der Waals surface area contributed by atoms with Crippen LogP contribution in [0.1, 0.15) is 29.4 Å². The molecule has 1 atom stereocenters. The Balaban J connectivity index is 1.99. The number of aromatic nitrogens is 2. The second kappa shape index (κ2) is 9.22.